The van der Waals surface area contributed by atoms with Crippen molar-refractivity contribution in [1.29, 1.82) is 0 Å². The molecule has 23 heavy (non-hydrogen) atoms. The molecule has 2 aromatic rings. The minimum Gasteiger partial charge on any atom is -0.308 e. The van der Waals surface area contributed by atoms with Crippen LogP contribution in [0.4, 0.5) is 0 Å². The Hall–Kier alpha value is -1.68. The zero-order valence-electron chi connectivity index (χ0n) is 14.0. The first-order chi connectivity index (χ1) is 11.1. The molecule has 0 aliphatic heterocycles. The standard InChI is InChI=1S/C19H25N3O/c1-12-4-3-7-22-18(23)10-16(21-19(12)22)11-20-13(2)17-9-14-5-6-15(17)8-14/h3-4,7,10,13-15,17,20H,5-6,8-9,11H2,1-2H3/t13-,14+,15+,17+/m1/s1. The maximum atomic E-state index is 12.3. The summed E-state index contributed by atoms with van der Waals surface area (Å²) < 4.78 is 1.62. The van der Waals surface area contributed by atoms with Gasteiger partial charge in [-0.1, -0.05) is 12.5 Å². The van der Waals surface area contributed by atoms with Gasteiger partial charge >= 0.3 is 0 Å². The molecule has 4 heteroatoms. The molecule has 2 heterocycles. The number of nitrogens with one attached hydrogen (secondary N) is 1. The largest absolute Gasteiger partial charge is 0.308 e. The maximum absolute atomic E-state index is 12.3. The van der Waals surface area contributed by atoms with Gasteiger partial charge in [0.1, 0.15) is 5.65 Å². The Kier molecular flexibility index (Phi) is 3.72. The number of nitrogens with zero attached hydrogens (tertiary/aromatic N) is 2. The molecule has 0 amide bonds. The molecule has 122 valence electrons. The van der Waals surface area contributed by atoms with Crippen LogP contribution < -0.4 is 10.9 Å². The fourth-order valence-corrected chi connectivity index (χ4v) is 4.72. The number of rotatable bonds is 4. The van der Waals surface area contributed by atoms with Crippen LogP contribution >= 0.6 is 0 Å². The van der Waals surface area contributed by atoms with Crippen molar-refractivity contribution in [2.24, 2.45) is 17.8 Å². The summed E-state index contributed by atoms with van der Waals surface area (Å²) in [4.78, 5) is 16.9. The van der Waals surface area contributed by atoms with Gasteiger partial charge in [-0.15, -0.1) is 0 Å². The number of aromatic nitrogens is 2. The molecule has 2 aliphatic rings. The molecular formula is C19H25N3O. The van der Waals surface area contributed by atoms with E-state index in [1.54, 1.807) is 16.7 Å². The lowest BCUT2D eigenvalue weighted by atomic mass is 9.84. The lowest BCUT2D eigenvalue weighted by Gasteiger charge is -2.28. The van der Waals surface area contributed by atoms with E-state index in [0.29, 0.717) is 12.6 Å². The number of hydrogen-bond donors (Lipinski definition) is 1. The molecule has 2 bridgehead atoms. The van der Waals surface area contributed by atoms with Crippen LogP contribution in [-0.2, 0) is 6.54 Å². The lowest BCUT2D eigenvalue weighted by molar-refractivity contribution is 0.259. The minimum atomic E-state index is 0.00285. The van der Waals surface area contributed by atoms with Gasteiger partial charge in [-0.25, -0.2) is 4.98 Å². The number of hydrogen-bond acceptors (Lipinski definition) is 3. The van der Waals surface area contributed by atoms with Crippen LogP contribution in [0.2, 0.25) is 0 Å². The summed E-state index contributed by atoms with van der Waals surface area (Å²) in [5.74, 6) is 2.69. The molecule has 4 rings (SSSR count). The summed E-state index contributed by atoms with van der Waals surface area (Å²) in [6.07, 6.45) is 7.45. The van der Waals surface area contributed by atoms with Crippen LogP contribution in [0.5, 0.6) is 0 Å². The van der Waals surface area contributed by atoms with Crippen molar-refractivity contribution < 1.29 is 0 Å². The highest BCUT2D eigenvalue weighted by atomic mass is 16.1. The first-order valence-corrected chi connectivity index (χ1v) is 8.83. The van der Waals surface area contributed by atoms with E-state index < -0.39 is 0 Å². The fraction of sp³-hybridized carbons (Fsp3) is 0.579. The SMILES string of the molecule is Cc1cccn2c(=O)cc(CN[C@H](C)[C@@H]3C[C@H]4CC[C@H]3C4)nc12. The van der Waals surface area contributed by atoms with Gasteiger partial charge in [0, 0.05) is 24.8 Å². The quantitative estimate of drug-likeness (QED) is 0.944. The summed E-state index contributed by atoms with van der Waals surface area (Å²) in [7, 11) is 0. The third-order valence-electron chi connectivity index (χ3n) is 5.98. The third kappa shape index (κ3) is 2.69. The molecule has 0 aromatic carbocycles. The normalized spacial score (nSPS) is 27.7. The molecule has 0 radical (unpaired) electrons. The van der Waals surface area contributed by atoms with Crippen molar-refractivity contribution in [2.45, 2.75) is 52.1 Å². The van der Waals surface area contributed by atoms with E-state index in [2.05, 4.69) is 17.2 Å². The molecule has 0 unspecified atom stereocenters. The van der Waals surface area contributed by atoms with Gasteiger partial charge in [0.05, 0.1) is 5.69 Å². The first kappa shape index (κ1) is 14.9. The fourth-order valence-electron chi connectivity index (χ4n) is 4.72. The van der Waals surface area contributed by atoms with Crippen LogP contribution in [0.1, 0.15) is 43.9 Å². The highest BCUT2D eigenvalue weighted by Gasteiger charge is 2.41. The molecule has 4 atom stereocenters. The predicted octanol–water partition coefficient (Wildman–Crippen LogP) is 2.92. The summed E-state index contributed by atoms with van der Waals surface area (Å²) in [5.41, 5.74) is 2.65. The van der Waals surface area contributed by atoms with Gasteiger partial charge in [-0.05, 0) is 62.5 Å². The molecular weight excluding hydrogens is 286 g/mol. The van der Waals surface area contributed by atoms with Gasteiger partial charge in [0.15, 0.2) is 0 Å². The monoisotopic (exact) mass is 311 g/mol. The van der Waals surface area contributed by atoms with Crippen LogP contribution in [0, 0.1) is 24.7 Å². The Morgan fingerprint density at radius 2 is 2.26 bits per heavy atom. The van der Waals surface area contributed by atoms with Gasteiger partial charge in [-0.2, -0.15) is 0 Å². The van der Waals surface area contributed by atoms with Crippen LogP contribution in [0.3, 0.4) is 0 Å². The summed E-state index contributed by atoms with van der Waals surface area (Å²) >= 11 is 0. The highest BCUT2D eigenvalue weighted by molar-refractivity contribution is 5.46. The summed E-state index contributed by atoms with van der Waals surface area (Å²) in [6.45, 7) is 4.97. The number of fused-ring (bicyclic) bond motifs is 3. The minimum absolute atomic E-state index is 0.00285. The van der Waals surface area contributed by atoms with Gasteiger partial charge in [0.2, 0.25) is 0 Å². The highest BCUT2D eigenvalue weighted by Crippen LogP contribution is 2.49. The Morgan fingerprint density at radius 1 is 1.39 bits per heavy atom. The van der Waals surface area contributed by atoms with E-state index >= 15 is 0 Å². The number of pyridine rings is 1. The van der Waals surface area contributed by atoms with Crippen molar-refractivity contribution in [3.8, 4) is 0 Å². The van der Waals surface area contributed by atoms with E-state index in [9.17, 15) is 4.79 Å². The second-order valence-electron chi connectivity index (χ2n) is 7.48. The maximum Gasteiger partial charge on any atom is 0.258 e. The number of aryl methyl sites for hydroxylation is 1. The molecule has 2 aliphatic carbocycles. The Balaban J connectivity index is 1.50. The van der Waals surface area contributed by atoms with E-state index in [0.717, 1.165) is 34.7 Å². The molecule has 2 fully saturated rings. The smallest absolute Gasteiger partial charge is 0.258 e. The zero-order chi connectivity index (χ0) is 16.0. The molecule has 4 nitrogen and oxygen atoms in total. The predicted molar refractivity (Wildman–Crippen MR) is 91.4 cm³/mol. The van der Waals surface area contributed by atoms with Gasteiger partial charge < -0.3 is 5.32 Å². The Bertz CT molecular complexity index is 782. The van der Waals surface area contributed by atoms with Crippen LogP contribution in [-0.4, -0.2) is 15.4 Å². The van der Waals surface area contributed by atoms with E-state index in [4.69, 9.17) is 0 Å². The summed E-state index contributed by atoms with van der Waals surface area (Å²) in [5, 5.41) is 3.63. The van der Waals surface area contributed by atoms with Crippen molar-refractivity contribution in [3.05, 3.63) is 46.0 Å². The van der Waals surface area contributed by atoms with E-state index in [1.807, 2.05) is 19.1 Å². The zero-order valence-corrected chi connectivity index (χ0v) is 14.0. The third-order valence-corrected chi connectivity index (χ3v) is 5.98. The Morgan fingerprint density at radius 3 is 3.00 bits per heavy atom. The molecule has 1 N–H and O–H groups in total. The van der Waals surface area contributed by atoms with Crippen molar-refractivity contribution in [3.63, 3.8) is 0 Å². The van der Waals surface area contributed by atoms with Crippen molar-refractivity contribution in [1.82, 2.24) is 14.7 Å². The summed E-state index contributed by atoms with van der Waals surface area (Å²) in [6, 6.07) is 6.05. The van der Waals surface area contributed by atoms with Gasteiger partial charge in [0.25, 0.3) is 5.56 Å². The average Bonchev–Trinajstić information content (AvgIpc) is 3.17. The second-order valence-corrected chi connectivity index (χ2v) is 7.48. The second kappa shape index (κ2) is 5.75. The van der Waals surface area contributed by atoms with Crippen molar-refractivity contribution >= 4 is 5.65 Å². The van der Waals surface area contributed by atoms with Crippen molar-refractivity contribution in [2.75, 3.05) is 0 Å². The van der Waals surface area contributed by atoms with Crippen LogP contribution in [0.15, 0.2) is 29.2 Å². The first-order valence-electron chi connectivity index (χ1n) is 8.83. The molecule has 0 saturated heterocycles. The molecule has 0 spiro atoms. The lowest BCUT2D eigenvalue weighted by Crippen LogP contribution is -2.36. The average molecular weight is 311 g/mol. The van der Waals surface area contributed by atoms with Crippen LogP contribution in [0.25, 0.3) is 5.65 Å². The molecule has 2 saturated carbocycles. The topological polar surface area (TPSA) is 46.4 Å². The van der Waals surface area contributed by atoms with E-state index in [-0.39, 0.29) is 5.56 Å². The Labute approximate surface area is 136 Å². The van der Waals surface area contributed by atoms with Gasteiger partial charge in [-0.3, -0.25) is 9.20 Å². The molecule has 2 aromatic heterocycles. The van der Waals surface area contributed by atoms with E-state index in [1.165, 1.54) is 25.7 Å².